The highest BCUT2D eigenvalue weighted by Gasteiger charge is 2.15. The van der Waals surface area contributed by atoms with Crippen LogP contribution in [0.3, 0.4) is 0 Å². The van der Waals surface area contributed by atoms with Gasteiger partial charge in [-0.1, -0.05) is 51.0 Å². The first-order valence-corrected chi connectivity index (χ1v) is 14.5. The first-order chi connectivity index (χ1) is 15.5. The number of aryl methyl sites for hydroxylation is 1. The standard InChI is InChI=1S/C27H42N2O2P.BrH/c1-5-8-20-29(21-9-6-2)27-15-13-25(14-16-27)11-12-26-17-22-28(23-18-26)19-10-24-32(4,30)31-7-3;/h11-18,22-23H,5-10,19-21,24H2,1-4H3;1H/q+1;/p-1. The van der Waals surface area contributed by atoms with Crippen molar-refractivity contribution in [3.05, 3.63) is 59.9 Å². The van der Waals surface area contributed by atoms with E-state index in [9.17, 15) is 4.57 Å². The highest BCUT2D eigenvalue weighted by molar-refractivity contribution is 7.58. The Hall–Kier alpha value is -1.42. The molecule has 0 radical (unpaired) electrons. The molecule has 1 atom stereocenters. The van der Waals surface area contributed by atoms with E-state index in [1.807, 2.05) is 6.92 Å². The van der Waals surface area contributed by atoms with Crippen molar-refractivity contribution in [2.75, 3.05) is 37.4 Å². The molecule has 0 saturated heterocycles. The van der Waals surface area contributed by atoms with Crippen molar-refractivity contribution >= 4 is 25.2 Å². The van der Waals surface area contributed by atoms with Crippen molar-refractivity contribution in [2.24, 2.45) is 0 Å². The van der Waals surface area contributed by atoms with E-state index in [0.717, 1.165) is 26.1 Å². The molecule has 0 bridgehead atoms. The SMILES string of the molecule is CCCCN(CCCC)c1ccc(C=Cc2cc[n+](CCCP(C)(=O)OCC)cc2)cc1.[Br-]. The van der Waals surface area contributed by atoms with Crippen molar-refractivity contribution < 1.29 is 30.6 Å². The number of benzene rings is 1. The first kappa shape index (κ1) is 29.6. The maximum Gasteiger partial charge on any atom is 0.200 e. The van der Waals surface area contributed by atoms with Gasteiger partial charge >= 0.3 is 0 Å². The average molecular weight is 538 g/mol. The minimum atomic E-state index is -2.43. The van der Waals surface area contributed by atoms with E-state index < -0.39 is 7.37 Å². The summed E-state index contributed by atoms with van der Waals surface area (Å²) in [5.74, 6) is 0. The number of unbranched alkanes of at least 4 members (excludes halogenated alkanes) is 2. The fraction of sp³-hybridized carbons (Fsp3) is 0.519. The van der Waals surface area contributed by atoms with E-state index in [1.54, 1.807) is 6.66 Å². The molecular formula is C27H42BrN2O2P. The lowest BCUT2D eigenvalue weighted by Gasteiger charge is -2.24. The van der Waals surface area contributed by atoms with E-state index >= 15 is 0 Å². The molecule has 2 rings (SSSR count). The van der Waals surface area contributed by atoms with Gasteiger partial charge in [0.2, 0.25) is 0 Å². The monoisotopic (exact) mass is 536 g/mol. The van der Waals surface area contributed by atoms with Crippen LogP contribution in [0.15, 0.2) is 48.8 Å². The van der Waals surface area contributed by atoms with E-state index in [1.165, 1.54) is 42.5 Å². The van der Waals surface area contributed by atoms with Gasteiger partial charge < -0.3 is 26.4 Å². The van der Waals surface area contributed by atoms with Gasteiger partial charge in [0.25, 0.3) is 0 Å². The van der Waals surface area contributed by atoms with Crippen LogP contribution >= 0.6 is 7.37 Å². The van der Waals surface area contributed by atoms with Crippen LogP contribution in [0, 0.1) is 0 Å². The number of halogens is 1. The molecule has 1 unspecified atom stereocenters. The molecule has 4 nitrogen and oxygen atoms in total. The number of pyridine rings is 1. The number of anilines is 1. The summed E-state index contributed by atoms with van der Waals surface area (Å²) in [6.45, 7) is 11.8. The van der Waals surface area contributed by atoms with Gasteiger partial charge in [-0.25, -0.2) is 4.57 Å². The Labute approximate surface area is 212 Å². The van der Waals surface area contributed by atoms with Gasteiger partial charge in [-0.2, -0.15) is 0 Å². The largest absolute Gasteiger partial charge is 1.00 e. The molecule has 33 heavy (non-hydrogen) atoms. The fourth-order valence-electron chi connectivity index (χ4n) is 3.66. The quantitative estimate of drug-likeness (QED) is 0.256. The highest BCUT2D eigenvalue weighted by Crippen LogP contribution is 2.42. The first-order valence-electron chi connectivity index (χ1n) is 12.2. The van der Waals surface area contributed by atoms with Crippen LogP contribution in [0.4, 0.5) is 5.69 Å². The van der Waals surface area contributed by atoms with Gasteiger partial charge in [0.15, 0.2) is 19.8 Å². The van der Waals surface area contributed by atoms with Gasteiger partial charge in [-0.15, -0.1) is 0 Å². The van der Waals surface area contributed by atoms with Crippen LogP contribution < -0.4 is 26.4 Å². The summed E-state index contributed by atoms with van der Waals surface area (Å²) in [4.78, 5) is 2.52. The van der Waals surface area contributed by atoms with Crippen molar-refractivity contribution in [3.63, 3.8) is 0 Å². The normalized spacial score (nSPS) is 13.0. The van der Waals surface area contributed by atoms with E-state index in [2.05, 4.69) is 84.3 Å². The maximum absolute atomic E-state index is 12.2. The molecule has 0 fully saturated rings. The Morgan fingerprint density at radius 3 is 1.94 bits per heavy atom. The topological polar surface area (TPSA) is 33.4 Å². The number of hydrogen-bond acceptors (Lipinski definition) is 3. The molecular weight excluding hydrogens is 495 g/mol. The lowest BCUT2D eigenvalue weighted by atomic mass is 10.1. The summed E-state index contributed by atoms with van der Waals surface area (Å²) in [5.41, 5.74) is 3.71. The lowest BCUT2D eigenvalue weighted by molar-refractivity contribution is -0.696. The van der Waals surface area contributed by atoms with Crippen LogP contribution in [0.2, 0.25) is 0 Å². The fourth-order valence-corrected chi connectivity index (χ4v) is 5.05. The molecule has 184 valence electrons. The summed E-state index contributed by atoms with van der Waals surface area (Å²) < 4.78 is 19.7. The zero-order valence-corrected chi connectivity index (χ0v) is 23.4. The third kappa shape index (κ3) is 11.5. The summed E-state index contributed by atoms with van der Waals surface area (Å²) >= 11 is 0. The molecule has 2 aromatic rings. The molecule has 1 aromatic carbocycles. The van der Waals surface area contributed by atoms with Gasteiger partial charge in [0.1, 0.15) is 6.54 Å². The molecule has 0 aliphatic carbocycles. The Morgan fingerprint density at radius 2 is 1.42 bits per heavy atom. The maximum atomic E-state index is 12.2. The average Bonchev–Trinajstić information content (AvgIpc) is 2.79. The molecule has 0 saturated carbocycles. The molecule has 6 heteroatoms. The Balaban J connectivity index is 0.00000544. The second kappa shape index (κ2) is 16.2. The van der Waals surface area contributed by atoms with Crippen molar-refractivity contribution in [2.45, 2.75) is 59.4 Å². The Morgan fingerprint density at radius 1 is 0.879 bits per heavy atom. The van der Waals surface area contributed by atoms with E-state index in [4.69, 9.17) is 4.52 Å². The summed E-state index contributed by atoms with van der Waals surface area (Å²) in [5, 5.41) is 0. The van der Waals surface area contributed by atoms with Crippen molar-refractivity contribution in [1.29, 1.82) is 0 Å². The Kier molecular flexibility index (Phi) is 14.6. The van der Waals surface area contributed by atoms with Crippen LogP contribution in [0.1, 0.15) is 64.0 Å². The molecule has 0 amide bonds. The van der Waals surface area contributed by atoms with E-state index in [0.29, 0.717) is 12.8 Å². The smallest absolute Gasteiger partial charge is 0.200 e. The second-order valence-electron chi connectivity index (χ2n) is 8.50. The molecule has 0 spiro atoms. The second-order valence-corrected chi connectivity index (χ2v) is 11.2. The number of nitrogens with zero attached hydrogens (tertiary/aromatic N) is 2. The minimum absolute atomic E-state index is 0. The van der Waals surface area contributed by atoms with Crippen molar-refractivity contribution in [3.8, 4) is 0 Å². The van der Waals surface area contributed by atoms with Crippen LogP contribution in [0.5, 0.6) is 0 Å². The third-order valence-corrected chi connectivity index (χ3v) is 7.52. The van der Waals surface area contributed by atoms with Gasteiger partial charge in [-0.3, -0.25) is 4.57 Å². The molecule has 0 N–H and O–H groups in total. The molecule has 0 aliphatic heterocycles. The molecule has 0 aliphatic rings. The number of aromatic nitrogens is 1. The van der Waals surface area contributed by atoms with Gasteiger partial charge in [0.05, 0.1) is 6.61 Å². The molecule has 1 aromatic heterocycles. The lowest BCUT2D eigenvalue weighted by Crippen LogP contribution is -3.00. The zero-order chi connectivity index (χ0) is 23.2. The van der Waals surface area contributed by atoms with Crippen LogP contribution in [0.25, 0.3) is 12.2 Å². The predicted molar refractivity (Wildman–Crippen MR) is 139 cm³/mol. The summed E-state index contributed by atoms with van der Waals surface area (Å²) in [7, 11) is -2.43. The predicted octanol–water partition coefficient (Wildman–Crippen LogP) is 3.89. The highest BCUT2D eigenvalue weighted by atomic mass is 79.9. The van der Waals surface area contributed by atoms with Crippen LogP contribution in [-0.2, 0) is 15.6 Å². The molecule has 1 heterocycles. The Bertz CT molecular complexity index is 845. The van der Waals surface area contributed by atoms with Gasteiger partial charge in [-0.05, 0) is 43.0 Å². The third-order valence-electron chi connectivity index (χ3n) is 5.59. The van der Waals surface area contributed by atoms with Gasteiger partial charge in [0, 0.05) is 50.2 Å². The summed E-state index contributed by atoms with van der Waals surface area (Å²) in [6, 6.07) is 13.2. The number of hydrogen-bond donors (Lipinski definition) is 0. The summed E-state index contributed by atoms with van der Waals surface area (Å²) in [6.07, 6.45) is 14.9. The zero-order valence-electron chi connectivity index (χ0n) is 20.9. The van der Waals surface area contributed by atoms with Crippen LogP contribution in [-0.4, -0.2) is 32.5 Å². The van der Waals surface area contributed by atoms with E-state index in [-0.39, 0.29) is 17.0 Å². The number of rotatable bonds is 15. The minimum Gasteiger partial charge on any atom is -1.00 e. The van der Waals surface area contributed by atoms with Crippen molar-refractivity contribution in [1.82, 2.24) is 0 Å².